The van der Waals surface area contributed by atoms with Gasteiger partial charge in [-0.3, -0.25) is 9.89 Å². The molecule has 0 radical (unpaired) electrons. The van der Waals surface area contributed by atoms with Gasteiger partial charge in [-0.05, 0) is 31.5 Å². The Labute approximate surface area is 151 Å². The number of rotatable bonds is 6. The van der Waals surface area contributed by atoms with E-state index in [4.69, 9.17) is 11.6 Å². The number of carbonyl (C=O) groups excluding carboxylic acids is 1. The van der Waals surface area contributed by atoms with Gasteiger partial charge in [-0.15, -0.1) is 5.10 Å². The van der Waals surface area contributed by atoms with Gasteiger partial charge in [0.1, 0.15) is 5.82 Å². The fourth-order valence-corrected chi connectivity index (χ4v) is 2.83. The minimum Gasteiger partial charge on any atom is -0.324 e. The van der Waals surface area contributed by atoms with Gasteiger partial charge in [-0.1, -0.05) is 30.3 Å². The molecule has 2 N–H and O–H groups in total. The maximum atomic E-state index is 12.8. The molecule has 10 heteroatoms. The Bertz CT molecular complexity index is 751. The molecular formula is C15H16ClF3N4OS. The summed E-state index contributed by atoms with van der Waals surface area (Å²) in [6.45, 7) is 3.61. The second-order valence-corrected chi connectivity index (χ2v) is 6.97. The quantitative estimate of drug-likeness (QED) is 0.707. The number of benzene rings is 1. The minimum absolute atomic E-state index is 0.0293. The number of hydrogen-bond donors (Lipinski definition) is 2. The summed E-state index contributed by atoms with van der Waals surface area (Å²) in [7, 11) is 0. The van der Waals surface area contributed by atoms with Gasteiger partial charge in [-0.2, -0.15) is 13.2 Å². The molecule has 0 saturated heterocycles. The molecule has 5 nitrogen and oxygen atoms in total. The number of amides is 1. The van der Waals surface area contributed by atoms with Gasteiger partial charge in [0.25, 0.3) is 0 Å². The monoisotopic (exact) mass is 392 g/mol. The van der Waals surface area contributed by atoms with E-state index in [1.807, 2.05) is 6.92 Å². The van der Waals surface area contributed by atoms with Crippen molar-refractivity contribution in [2.24, 2.45) is 0 Å². The lowest BCUT2D eigenvalue weighted by molar-refractivity contribution is -0.137. The smallest absolute Gasteiger partial charge is 0.324 e. The minimum atomic E-state index is -4.51. The van der Waals surface area contributed by atoms with Gasteiger partial charge in [0.15, 0.2) is 0 Å². The van der Waals surface area contributed by atoms with Gasteiger partial charge in [0.2, 0.25) is 11.1 Å². The number of thioether (sulfide) groups is 1. The predicted octanol–water partition coefficient (Wildman–Crippen LogP) is 4.55. The van der Waals surface area contributed by atoms with Crippen molar-refractivity contribution in [3.05, 3.63) is 34.6 Å². The Morgan fingerprint density at radius 3 is 2.80 bits per heavy atom. The molecule has 1 unspecified atom stereocenters. The van der Waals surface area contributed by atoms with Crippen LogP contribution in [0.2, 0.25) is 5.02 Å². The first-order valence-corrected chi connectivity index (χ1v) is 8.72. The predicted molar refractivity (Wildman–Crippen MR) is 90.8 cm³/mol. The standard InChI is InChI=1S/C15H16ClF3N4OS/c1-3-4-12-21-14(23-22-12)25-8(2)13(24)20-11-7-9(15(17,18)19)5-6-10(11)16/h5-8H,3-4H2,1-2H3,(H,20,24)(H,21,22,23). The van der Waals surface area contributed by atoms with Crippen LogP contribution in [0.5, 0.6) is 0 Å². The second kappa shape index (κ2) is 8.09. The molecule has 25 heavy (non-hydrogen) atoms. The molecule has 1 atom stereocenters. The molecular weight excluding hydrogens is 377 g/mol. The van der Waals surface area contributed by atoms with Crippen LogP contribution in [0, 0.1) is 0 Å². The number of halogens is 4. The van der Waals surface area contributed by atoms with Crippen LogP contribution in [0.25, 0.3) is 0 Å². The molecule has 0 spiro atoms. The number of aromatic nitrogens is 3. The van der Waals surface area contributed by atoms with Crippen molar-refractivity contribution in [2.75, 3.05) is 5.32 Å². The highest BCUT2D eigenvalue weighted by Gasteiger charge is 2.31. The molecule has 136 valence electrons. The van der Waals surface area contributed by atoms with E-state index >= 15 is 0 Å². The van der Waals surface area contributed by atoms with Gasteiger partial charge in [0, 0.05) is 6.42 Å². The molecule has 0 aliphatic carbocycles. The first-order valence-electron chi connectivity index (χ1n) is 7.46. The van der Waals surface area contributed by atoms with E-state index in [0.29, 0.717) is 5.16 Å². The number of alkyl halides is 3. The maximum Gasteiger partial charge on any atom is 0.416 e. The molecule has 2 aromatic rings. The summed E-state index contributed by atoms with van der Waals surface area (Å²) < 4.78 is 38.3. The van der Waals surface area contributed by atoms with Crippen LogP contribution in [-0.4, -0.2) is 26.3 Å². The lowest BCUT2D eigenvalue weighted by Gasteiger charge is -2.13. The summed E-state index contributed by atoms with van der Waals surface area (Å²) in [6.07, 6.45) is -2.86. The molecule has 0 fully saturated rings. The van der Waals surface area contributed by atoms with Crippen LogP contribution < -0.4 is 5.32 Å². The number of nitrogens with one attached hydrogen (secondary N) is 2. The number of hydrogen-bond acceptors (Lipinski definition) is 4. The topological polar surface area (TPSA) is 70.7 Å². The van der Waals surface area contributed by atoms with Crippen molar-refractivity contribution in [3.8, 4) is 0 Å². The van der Waals surface area contributed by atoms with Crippen LogP contribution in [0.15, 0.2) is 23.4 Å². The number of H-pyrrole nitrogens is 1. The Balaban J connectivity index is 2.05. The number of nitrogens with zero attached hydrogens (tertiary/aromatic N) is 2. The van der Waals surface area contributed by atoms with Gasteiger partial charge >= 0.3 is 6.18 Å². The van der Waals surface area contributed by atoms with Crippen molar-refractivity contribution in [1.82, 2.24) is 15.2 Å². The zero-order valence-electron chi connectivity index (χ0n) is 13.4. The number of aromatic amines is 1. The van der Waals surface area contributed by atoms with Crippen LogP contribution >= 0.6 is 23.4 Å². The Hall–Kier alpha value is -1.74. The third-order valence-electron chi connectivity index (χ3n) is 3.20. The third-order valence-corrected chi connectivity index (χ3v) is 4.49. The number of anilines is 1. The summed E-state index contributed by atoms with van der Waals surface area (Å²) >= 11 is 6.98. The largest absolute Gasteiger partial charge is 0.416 e. The van der Waals surface area contributed by atoms with Gasteiger partial charge in [-0.25, -0.2) is 4.98 Å². The highest BCUT2D eigenvalue weighted by molar-refractivity contribution is 8.00. The molecule has 1 aromatic carbocycles. The van der Waals surface area contributed by atoms with Crippen molar-refractivity contribution >= 4 is 35.0 Å². The SMILES string of the molecule is CCCc1nc(SC(C)C(=O)Nc2cc(C(F)(F)F)ccc2Cl)n[nH]1. The zero-order valence-corrected chi connectivity index (χ0v) is 15.0. The normalized spacial score (nSPS) is 12.9. The molecule has 1 amide bonds. The Morgan fingerprint density at radius 1 is 1.44 bits per heavy atom. The molecule has 0 saturated carbocycles. The molecule has 2 rings (SSSR count). The van der Waals surface area contributed by atoms with Gasteiger partial charge in [0.05, 0.1) is 21.5 Å². The van der Waals surface area contributed by atoms with E-state index in [0.717, 1.165) is 48.6 Å². The Morgan fingerprint density at radius 2 is 2.16 bits per heavy atom. The first kappa shape index (κ1) is 19.6. The van der Waals surface area contributed by atoms with E-state index in [9.17, 15) is 18.0 Å². The van der Waals surface area contributed by atoms with E-state index in [1.165, 1.54) is 0 Å². The van der Waals surface area contributed by atoms with Gasteiger partial charge < -0.3 is 5.32 Å². The summed E-state index contributed by atoms with van der Waals surface area (Å²) in [4.78, 5) is 16.5. The average Bonchev–Trinajstić information content (AvgIpc) is 2.95. The summed E-state index contributed by atoms with van der Waals surface area (Å²) in [5.41, 5.74) is -0.971. The second-order valence-electron chi connectivity index (χ2n) is 5.26. The van der Waals surface area contributed by atoms with E-state index in [-0.39, 0.29) is 10.7 Å². The summed E-state index contributed by atoms with van der Waals surface area (Å²) in [5.74, 6) is 0.228. The Kier molecular flexibility index (Phi) is 6.34. The van der Waals surface area contributed by atoms with E-state index in [2.05, 4.69) is 20.5 Å². The molecule has 1 heterocycles. The van der Waals surface area contributed by atoms with Crippen LogP contribution in [0.1, 0.15) is 31.7 Å². The lowest BCUT2D eigenvalue weighted by atomic mass is 10.2. The summed E-state index contributed by atoms with van der Waals surface area (Å²) in [6, 6.07) is 2.77. The van der Waals surface area contributed by atoms with Crippen LogP contribution in [0.3, 0.4) is 0 Å². The number of carbonyl (C=O) groups is 1. The first-order chi connectivity index (χ1) is 11.7. The fourth-order valence-electron chi connectivity index (χ4n) is 1.92. The average molecular weight is 393 g/mol. The maximum absolute atomic E-state index is 12.8. The van der Waals surface area contributed by atoms with Crippen molar-refractivity contribution in [2.45, 2.75) is 43.3 Å². The van der Waals surface area contributed by atoms with E-state index in [1.54, 1.807) is 6.92 Å². The number of aryl methyl sites for hydroxylation is 1. The highest BCUT2D eigenvalue weighted by Crippen LogP contribution is 2.34. The van der Waals surface area contributed by atoms with Crippen molar-refractivity contribution in [3.63, 3.8) is 0 Å². The summed E-state index contributed by atoms with van der Waals surface area (Å²) in [5, 5.41) is 9.01. The fraction of sp³-hybridized carbons (Fsp3) is 0.400. The molecule has 0 aliphatic heterocycles. The van der Waals surface area contributed by atoms with Crippen molar-refractivity contribution < 1.29 is 18.0 Å². The van der Waals surface area contributed by atoms with E-state index < -0.39 is 22.9 Å². The molecule has 1 aromatic heterocycles. The third kappa shape index (κ3) is 5.37. The van der Waals surface area contributed by atoms with Crippen LogP contribution in [0.4, 0.5) is 18.9 Å². The van der Waals surface area contributed by atoms with Crippen LogP contribution in [-0.2, 0) is 17.4 Å². The molecule has 0 aliphatic rings. The highest BCUT2D eigenvalue weighted by atomic mass is 35.5. The lowest BCUT2D eigenvalue weighted by Crippen LogP contribution is -2.23. The van der Waals surface area contributed by atoms with Crippen molar-refractivity contribution in [1.29, 1.82) is 0 Å². The molecule has 0 bridgehead atoms. The zero-order chi connectivity index (χ0) is 18.6.